The van der Waals surface area contributed by atoms with Crippen molar-refractivity contribution in [2.45, 2.75) is 10.1 Å². The van der Waals surface area contributed by atoms with E-state index in [1.54, 1.807) is 12.4 Å². The highest BCUT2D eigenvalue weighted by Gasteiger charge is 2.05. The topological polar surface area (TPSA) is 64.7 Å². The Kier molecular flexibility index (Phi) is 3.17. The van der Waals surface area contributed by atoms with Gasteiger partial charge in [-0.3, -0.25) is 0 Å². The molecule has 0 unspecified atom stereocenters. The fraction of sp³-hybridized carbons (Fsp3) is 0. The summed E-state index contributed by atoms with van der Waals surface area (Å²) in [6.07, 6.45) is 3.37. The lowest BCUT2D eigenvalue weighted by Crippen LogP contribution is -1.95. The zero-order chi connectivity index (χ0) is 10.7. The van der Waals surface area contributed by atoms with E-state index in [9.17, 15) is 0 Å². The van der Waals surface area contributed by atoms with Gasteiger partial charge in [0.15, 0.2) is 0 Å². The van der Waals surface area contributed by atoms with Crippen molar-refractivity contribution in [1.82, 2.24) is 15.0 Å². The van der Waals surface area contributed by atoms with Gasteiger partial charge in [0.05, 0.1) is 4.47 Å². The highest BCUT2D eigenvalue weighted by atomic mass is 79.9. The molecule has 0 fully saturated rings. The van der Waals surface area contributed by atoms with E-state index in [-0.39, 0.29) is 5.95 Å². The first-order valence-corrected chi connectivity index (χ1v) is 5.73. The summed E-state index contributed by atoms with van der Waals surface area (Å²) in [5, 5.41) is 1.64. The maximum absolute atomic E-state index is 5.50. The number of nitrogens with two attached hydrogens (primary N) is 1. The van der Waals surface area contributed by atoms with Crippen LogP contribution in [0.15, 0.2) is 45.1 Å². The van der Waals surface area contributed by atoms with Crippen LogP contribution in [0.5, 0.6) is 0 Å². The molecule has 76 valence electrons. The smallest absolute Gasteiger partial charge is 0.221 e. The van der Waals surface area contributed by atoms with Gasteiger partial charge < -0.3 is 5.73 Å². The van der Waals surface area contributed by atoms with Gasteiger partial charge in [0.2, 0.25) is 5.95 Å². The third-order valence-corrected chi connectivity index (χ3v) is 3.37. The predicted octanol–water partition coefficient (Wildman–Crippen LogP) is 2.37. The monoisotopic (exact) mass is 282 g/mol. The molecule has 6 heteroatoms. The average molecular weight is 283 g/mol. The van der Waals surface area contributed by atoms with Crippen LogP contribution in [0, 0.1) is 0 Å². The number of pyridine rings is 1. The number of halogens is 1. The molecule has 0 aliphatic carbocycles. The van der Waals surface area contributed by atoms with E-state index >= 15 is 0 Å². The maximum atomic E-state index is 5.50. The Bertz CT molecular complexity index is 463. The summed E-state index contributed by atoms with van der Waals surface area (Å²) in [4.78, 5) is 12.2. The number of anilines is 1. The van der Waals surface area contributed by atoms with Crippen LogP contribution in [-0.2, 0) is 0 Å². The maximum Gasteiger partial charge on any atom is 0.221 e. The van der Waals surface area contributed by atoms with Gasteiger partial charge >= 0.3 is 0 Å². The standard InChI is InChI=1S/C9H7BrN4S/c10-6-5-13-9(11)14-8(6)15-7-3-1-2-4-12-7/h1-5H,(H2,11,13,14). The van der Waals surface area contributed by atoms with Crippen LogP contribution >= 0.6 is 27.7 Å². The molecule has 2 heterocycles. The second-order valence-electron chi connectivity index (χ2n) is 2.65. The fourth-order valence-corrected chi connectivity index (χ4v) is 2.12. The van der Waals surface area contributed by atoms with Crippen molar-refractivity contribution in [3.05, 3.63) is 35.1 Å². The number of hydrogen-bond donors (Lipinski definition) is 1. The van der Waals surface area contributed by atoms with Gasteiger partial charge in [0, 0.05) is 12.4 Å². The van der Waals surface area contributed by atoms with Gasteiger partial charge in [0.25, 0.3) is 0 Å². The zero-order valence-corrected chi connectivity index (χ0v) is 9.99. The molecule has 0 saturated heterocycles. The Morgan fingerprint density at radius 3 is 2.87 bits per heavy atom. The van der Waals surface area contributed by atoms with Crippen LogP contribution < -0.4 is 5.73 Å². The van der Waals surface area contributed by atoms with Crippen LogP contribution in [-0.4, -0.2) is 15.0 Å². The minimum atomic E-state index is 0.261. The number of nitrogens with zero attached hydrogens (tertiary/aromatic N) is 3. The molecule has 0 spiro atoms. The third-order valence-electron chi connectivity index (χ3n) is 1.57. The summed E-state index contributed by atoms with van der Waals surface area (Å²) >= 11 is 4.80. The molecule has 15 heavy (non-hydrogen) atoms. The molecule has 0 amide bonds. The van der Waals surface area contributed by atoms with Crippen LogP contribution in [0.4, 0.5) is 5.95 Å². The molecule has 0 bridgehead atoms. The molecular formula is C9H7BrN4S. The number of aromatic nitrogens is 3. The Morgan fingerprint density at radius 1 is 1.27 bits per heavy atom. The van der Waals surface area contributed by atoms with Crippen molar-refractivity contribution < 1.29 is 0 Å². The van der Waals surface area contributed by atoms with Crippen LogP contribution in [0.25, 0.3) is 0 Å². The molecule has 2 rings (SSSR count). The van der Waals surface area contributed by atoms with Gasteiger partial charge in [-0.1, -0.05) is 6.07 Å². The first-order valence-electron chi connectivity index (χ1n) is 4.12. The van der Waals surface area contributed by atoms with E-state index in [2.05, 4.69) is 30.9 Å². The van der Waals surface area contributed by atoms with E-state index in [1.807, 2.05) is 18.2 Å². The Morgan fingerprint density at radius 2 is 2.13 bits per heavy atom. The quantitative estimate of drug-likeness (QED) is 0.857. The van der Waals surface area contributed by atoms with Crippen molar-refractivity contribution in [3.8, 4) is 0 Å². The summed E-state index contributed by atoms with van der Waals surface area (Å²) in [7, 11) is 0. The van der Waals surface area contributed by atoms with Gasteiger partial charge in [-0.25, -0.2) is 15.0 Å². The van der Waals surface area contributed by atoms with E-state index in [1.165, 1.54) is 11.8 Å². The van der Waals surface area contributed by atoms with Crippen LogP contribution in [0.3, 0.4) is 0 Å². The highest BCUT2D eigenvalue weighted by Crippen LogP contribution is 2.30. The second-order valence-corrected chi connectivity index (χ2v) is 4.51. The van der Waals surface area contributed by atoms with E-state index in [4.69, 9.17) is 5.73 Å². The summed E-state index contributed by atoms with van der Waals surface area (Å²) in [5.74, 6) is 0.261. The minimum Gasteiger partial charge on any atom is -0.368 e. The van der Waals surface area contributed by atoms with Crippen LogP contribution in [0.2, 0.25) is 0 Å². The third kappa shape index (κ3) is 2.66. The molecule has 0 aliphatic heterocycles. The minimum absolute atomic E-state index is 0.261. The Labute approximate surface area is 99.5 Å². The molecule has 0 radical (unpaired) electrons. The second kappa shape index (κ2) is 4.59. The first kappa shape index (κ1) is 10.4. The normalized spacial score (nSPS) is 10.2. The summed E-state index contributed by atoms with van der Waals surface area (Å²) in [5.41, 5.74) is 5.50. The van der Waals surface area contributed by atoms with E-state index < -0.39 is 0 Å². The lowest BCUT2D eigenvalue weighted by Gasteiger charge is -2.02. The zero-order valence-electron chi connectivity index (χ0n) is 7.59. The molecule has 2 aromatic heterocycles. The molecule has 2 aromatic rings. The largest absolute Gasteiger partial charge is 0.368 e. The molecule has 0 saturated carbocycles. The Hall–Kier alpha value is -1.14. The molecule has 4 nitrogen and oxygen atoms in total. The number of hydrogen-bond acceptors (Lipinski definition) is 5. The van der Waals surface area contributed by atoms with Gasteiger partial charge in [-0.15, -0.1) is 0 Å². The van der Waals surface area contributed by atoms with Crippen molar-refractivity contribution in [1.29, 1.82) is 0 Å². The number of rotatable bonds is 2. The van der Waals surface area contributed by atoms with Crippen molar-refractivity contribution in [2.24, 2.45) is 0 Å². The SMILES string of the molecule is Nc1ncc(Br)c(Sc2ccccn2)n1. The summed E-state index contributed by atoms with van der Waals surface area (Å²) in [6, 6.07) is 5.70. The average Bonchev–Trinajstić information content (AvgIpc) is 2.25. The molecule has 0 atom stereocenters. The van der Waals surface area contributed by atoms with Crippen LogP contribution in [0.1, 0.15) is 0 Å². The first-order chi connectivity index (χ1) is 7.25. The lowest BCUT2D eigenvalue weighted by molar-refractivity contribution is 1.03. The van der Waals surface area contributed by atoms with E-state index in [0.717, 1.165) is 14.5 Å². The van der Waals surface area contributed by atoms with Crippen molar-refractivity contribution >= 4 is 33.6 Å². The van der Waals surface area contributed by atoms with Gasteiger partial charge in [-0.2, -0.15) is 0 Å². The molecule has 2 N–H and O–H groups in total. The predicted molar refractivity (Wildman–Crippen MR) is 62.5 cm³/mol. The van der Waals surface area contributed by atoms with Crippen molar-refractivity contribution in [2.75, 3.05) is 5.73 Å². The Balaban J connectivity index is 2.28. The van der Waals surface area contributed by atoms with E-state index in [0.29, 0.717) is 0 Å². The number of nitrogen functional groups attached to an aromatic ring is 1. The molecule has 0 aliphatic rings. The lowest BCUT2D eigenvalue weighted by atomic mass is 10.5. The van der Waals surface area contributed by atoms with Gasteiger partial charge in [-0.05, 0) is 39.8 Å². The molecular weight excluding hydrogens is 276 g/mol. The van der Waals surface area contributed by atoms with Crippen molar-refractivity contribution in [3.63, 3.8) is 0 Å². The summed E-state index contributed by atoms with van der Waals surface area (Å²) in [6.45, 7) is 0. The van der Waals surface area contributed by atoms with Gasteiger partial charge in [0.1, 0.15) is 10.1 Å². The summed E-state index contributed by atoms with van der Waals surface area (Å²) < 4.78 is 0.812. The fourth-order valence-electron chi connectivity index (χ4n) is 0.942. The highest BCUT2D eigenvalue weighted by molar-refractivity contribution is 9.10. The molecule has 0 aromatic carbocycles.